The fourth-order valence-electron chi connectivity index (χ4n) is 3.49. The topological polar surface area (TPSA) is 52.7 Å². The monoisotopic (exact) mass is 329 g/mol. The molecule has 0 spiro atoms. The minimum atomic E-state index is 0.113. The largest absolute Gasteiger partial charge is 0.352 e. The van der Waals surface area contributed by atoms with Crippen LogP contribution in [0.5, 0.6) is 0 Å². The lowest BCUT2D eigenvalue weighted by Gasteiger charge is -2.35. The van der Waals surface area contributed by atoms with Crippen molar-refractivity contribution in [3.05, 3.63) is 34.4 Å². The van der Waals surface area contributed by atoms with Crippen molar-refractivity contribution in [2.75, 3.05) is 32.7 Å². The minimum absolute atomic E-state index is 0.113. The van der Waals surface area contributed by atoms with Crippen molar-refractivity contribution < 1.29 is 9.59 Å². The van der Waals surface area contributed by atoms with Crippen LogP contribution in [0.2, 0.25) is 0 Å². The average Bonchev–Trinajstić information content (AvgIpc) is 3.30. The third-order valence-electron chi connectivity index (χ3n) is 4.86. The van der Waals surface area contributed by atoms with E-state index in [1.165, 1.54) is 5.56 Å². The van der Waals surface area contributed by atoms with Crippen LogP contribution in [-0.2, 0) is 4.79 Å². The summed E-state index contributed by atoms with van der Waals surface area (Å²) in [7, 11) is 0. The number of benzene rings is 1. The summed E-state index contributed by atoms with van der Waals surface area (Å²) in [4.78, 5) is 28.8. The summed E-state index contributed by atoms with van der Waals surface area (Å²) in [5.41, 5.74) is 4.11. The number of hydrogen-bond donors (Lipinski definition) is 1. The Morgan fingerprint density at radius 2 is 1.62 bits per heavy atom. The average molecular weight is 329 g/mol. The number of hydrogen-bond acceptors (Lipinski definition) is 3. The van der Waals surface area contributed by atoms with Crippen LogP contribution >= 0.6 is 0 Å². The van der Waals surface area contributed by atoms with Crippen LogP contribution in [0.15, 0.2) is 12.1 Å². The highest BCUT2D eigenvalue weighted by atomic mass is 16.2. The molecule has 5 heteroatoms. The number of nitrogens with one attached hydrogen (secondary N) is 1. The lowest BCUT2D eigenvalue weighted by atomic mass is 9.98. The van der Waals surface area contributed by atoms with Gasteiger partial charge in [0, 0.05) is 37.8 Å². The van der Waals surface area contributed by atoms with E-state index in [4.69, 9.17) is 0 Å². The molecule has 24 heavy (non-hydrogen) atoms. The van der Waals surface area contributed by atoms with Gasteiger partial charge in [0.15, 0.2) is 0 Å². The lowest BCUT2D eigenvalue weighted by molar-refractivity contribution is -0.122. The molecule has 1 aromatic rings. The summed E-state index contributed by atoms with van der Waals surface area (Å²) in [5, 5.41) is 3.02. The predicted molar refractivity (Wildman–Crippen MR) is 94.2 cm³/mol. The van der Waals surface area contributed by atoms with Crippen LogP contribution in [0.25, 0.3) is 0 Å². The molecule has 5 nitrogen and oxygen atoms in total. The third kappa shape index (κ3) is 3.96. The van der Waals surface area contributed by atoms with Gasteiger partial charge in [-0.3, -0.25) is 14.5 Å². The minimum Gasteiger partial charge on any atom is -0.352 e. The Balaban J connectivity index is 1.56. The Morgan fingerprint density at radius 3 is 2.17 bits per heavy atom. The summed E-state index contributed by atoms with van der Waals surface area (Å²) in [6.07, 6.45) is 2.23. The molecular formula is C19H27N3O2. The Morgan fingerprint density at radius 1 is 1.04 bits per heavy atom. The van der Waals surface area contributed by atoms with Gasteiger partial charge < -0.3 is 10.2 Å². The molecule has 2 amide bonds. The van der Waals surface area contributed by atoms with Crippen LogP contribution < -0.4 is 5.32 Å². The van der Waals surface area contributed by atoms with Gasteiger partial charge in [-0.15, -0.1) is 0 Å². The van der Waals surface area contributed by atoms with Gasteiger partial charge in [-0.05, 0) is 44.7 Å². The number of piperazine rings is 1. The Kier molecular flexibility index (Phi) is 4.90. The summed E-state index contributed by atoms with van der Waals surface area (Å²) in [6, 6.07) is 4.55. The van der Waals surface area contributed by atoms with Gasteiger partial charge in [0.2, 0.25) is 5.91 Å². The van der Waals surface area contributed by atoms with Crippen molar-refractivity contribution in [2.45, 2.75) is 39.7 Å². The number of carbonyl (C=O) groups is 2. The van der Waals surface area contributed by atoms with E-state index in [0.29, 0.717) is 25.7 Å². The summed E-state index contributed by atoms with van der Waals surface area (Å²) < 4.78 is 0. The molecule has 2 aliphatic rings. The molecule has 0 radical (unpaired) electrons. The molecule has 0 aromatic heterocycles. The second-order valence-electron chi connectivity index (χ2n) is 7.18. The molecule has 2 fully saturated rings. The van der Waals surface area contributed by atoms with E-state index in [9.17, 15) is 9.59 Å². The van der Waals surface area contributed by atoms with E-state index in [0.717, 1.165) is 42.6 Å². The Bertz CT molecular complexity index is 621. The smallest absolute Gasteiger partial charge is 0.254 e. The quantitative estimate of drug-likeness (QED) is 0.914. The second kappa shape index (κ2) is 6.93. The normalized spacial score (nSPS) is 18.5. The fraction of sp³-hybridized carbons (Fsp3) is 0.579. The van der Waals surface area contributed by atoms with Crippen LogP contribution in [0.1, 0.15) is 39.9 Å². The molecule has 1 aliphatic heterocycles. The zero-order valence-electron chi connectivity index (χ0n) is 14.9. The van der Waals surface area contributed by atoms with Crippen molar-refractivity contribution in [3.63, 3.8) is 0 Å². The molecule has 3 rings (SSSR count). The van der Waals surface area contributed by atoms with E-state index in [1.54, 1.807) is 0 Å². The summed E-state index contributed by atoms with van der Waals surface area (Å²) in [6.45, 7) is 9.39. The maximum atomic E-state index is 12.9. The van der Waals surface area contributed by atoms with Gasteiger partial charge in [0.05, 0.1) is 6.54 Å². The van der Waals surface area contributed by atoms with Gasteiger partial charge in [0.25, 0.3) is 5.91 Å². The highest BCUT2D eigenvalue weighted by molar-refractivity contribution is 5.97. The van der Waals surface area contributed by atoms with E-state index < -0.39 is 0 Å². The maximum Gasteiger partial charge on any atom is 0.254 e. The van der Waals surface area contributed by atoms with Gasteiger partial charge in [-0.25, -0.2) is 0 Å². The predicted octanol–water partition coefficient (Wildman–Crippen LogP) is 1.65. The van der Waals surface area contributed by atoms with Gasteiger partial charge >= 0.3 is 0 Å². The van der Waals surface area contributed by atoms with E-state index in [-0.39, 0.29) is 11.8 Å². The highest BCUT2D eigenvalue weighted by Gasteiger charge is 2.27. The number of carbonyl (C=O) groups excluding carboxylic acids is 2. The van der Waals surface area contributed by atoms with Crippen molar-refractivity contribution in [3.8, 4) is 0 Å². The second-order valence-corrected chi connectivity index (χ2v) is 7.18. The van der Waals surface area contributed by atoms with Gasteiger partial charge in [0.1, 0.15) is 0 Å². The Hall–Kier alpha value is -1.88. The summed E-state index contributed by atoms with van der Waals surface area (Å²) >= 11 is 0. The van der Waals surface area contributed by atoms with Gasteiger partial charge in [-0.1, -0.05) is 17.7 Å². The maximum absolute atomic E-state index is 12.9. The van der Waals surface area contributed by atoms with Gasteiger partial charge in [-0.2, -0.15) is 0 Å². The van der Waals surface area contributed by atoms with Crippen molar-refractivity contribution in [1.82, 2.24) is 15.1 Å². The van der Waals surface area contributed by atoms with E-state index in [2.05, 4.69) is 29.3 Å². The van der Waals surface area contributed by atoms with Crippen LogP contribution in [0.4, 0.5) is 0 Å². The van der Waals surface area contributed by atoms with E-state index >= 15 is 0 Å². The molecule has 1 saturated heterocycles. The fourth-order valence-corrected chi connectivity index (χ4v) is 3.49. The third-order valence-corrected chi connectivity index (χ3v) is 4.86. The van der Waals surface area contributed by atoms with Crippen molar-refractivity contribution in [1.29, 1.82) is 0 Å². The van der Waals surface area contributed by atoms with Crippen molar-refractivity contribution in [2.24, 2.45) is 0 Å². The molecule has 1 heterocycles. The standard InChI is InChI=1S/C19H27N3O2/c1-13-10-14(2)18(15(3)11-13)19(24)22-8-6-21(7-9-22)12-17(23)20-16-4-5-16/h10-11,16H,4-9,12H2,1-3H3,(H,20,23). The number of nitrogens with zero attached hydrogens (tertiary/aromatic N) is 2. The first kappa shape index (κ1) is 17.0. The van der Waals surface area contributed by atoms with E-state index in [1.807, 2.05) is 18.7 Å². The van der Waals surface area contributed by atoms with Crippen LogP contribution in [0.3, 0.4) is 0 Å². The Labute approximate surface area is 144 Å². The first-order valence-corrected chi connectivity index (χ1v) is 8.83. The van der Waals surface area contributed by atoms with Crippen LogP contribution in [0, 0.1) is 20.8 Å². The first-order valence-electron chi connectivity index (χ1n) is 8.83. The molecular weight excluding hydrogens is 302 g/mol. The SMILES string of the molecule is Cc1cc(C)c(C(=O)N2CCN(CC(=O)NC3CC3)CC2)c(C)c1. The first-order chi connectivity index (χ1) is 11.4. The molecule has 0 unspecified atom stereocenters. The molecule has 1 N–H and O–H groups in total. The zero-order chi connectivity index (χ0) is 17.3. The summed E-state index contributed by atoms with van der Waals surface area (Å²) in [5.74, 6) is 0.231. The molecule has 0 bridgehead atoms. The van der Waals surface area contributed by atoms with Crippen molar-refractivity contribution >= 4 is 11.8 Å². The lowest BCUT2D eigenvalue weighted by Crippen LogP contribution is -2.51. The molecule has 130 valence electrons. The number of aryl methyl sites for hydroxylation is 3. The zero-order valence-corrected chi connectivity index (χ0v) is 14.9. The molecule has 1 aliphatic carbocycles. The molecule has 1 saturated carbocycles. The number of rotatable bonds is 4. The van der Waals surface area contributed by atoms with Crippen LogP contribution in [-0.4, -0.2) is 60.4 Å². The number of amides is 2. The molecule has 1 aromatic carbocycles. The molecule has 0 atom stereocenters. The highest BCUT2D eigenvalue weighted by Crippen LogP contribution is 2.20.